The maximum absolute atomic E-state index is 13.4. The fourth-order valence-electron chi connectivity index (χ4n) is 1.88. The summed E-state index contributed by atoms with van der Waals surface area (Å²) in [4.78, 5) is 29.2. The molecule has 0 aliphatic carbocycles. The Morgan fingerprint density at radius 2 is 2.04 bits per heavy atom. The Labute approximate surface area is 152 Å². The highest BCUT2D eigenvalue weighted by Crippen LogP contribution is 2.26. The maximum Gasteiger partial charge on any atom is 0.340 e. The van der Waals surface area contributed by atoms with Crippen LogP contribution in [-0.4, -0.2) is 23.4 Å². The van der Waals surface area contributed by atoms with Crippen molar-refractivity contribution >= 4 is 51.5 Å². The molecule has 1 amide bonds. The third kappa shape index (κ3) is 4.23. The van der Waals surface area contributed by atoms with E-state index in [1.54, 1.807) is 5.38 Å². The van der Waals surface area contributed by atoms with Gasteiger partial charge in [0.1, 0.15) is 12.4 Å². The van der Waals surface area contributed by atoms with Crippen LogP contribution in [0.1, 0.15) is 29.9 Å². The molecule has 0 saturated heterocycles. The lowest BCUT2D eigenvalue weighted by atomic mass is 10.2. The molecular weight excluding hydrogens is 378 g/mol. The Bertz CT molecular complexity index is 782. The van der Waals surface area contributed by atoms with Crippen molar-refractivity contribution in [1.29, 1.82) is 0 Å². The molecule has 1 aromatic heterocycles. The molecule has 0 bridgehead atoms. The molecule has 5 nitrogen and oxygen atoms in total. The van der Waals surface area contributed by atoms with Crippen LogP contribution in [0.3, 0.4) is 0 Å². The van der Waals surface area contributed by atoms with Crippen LogP contribution < -0.4 is 4.90 Å². The van der Waals surface area contributed by atoms with Gasteiger partial charge in [0, 0.05) is 18.8 Å². The van der Waals surface area contributed by atoms with Gasteiger partial charge in [-0.25, -0.2) is 14.2 Å². The van der Waals surface area contributed by atoms with Crippen molar-refractivity contribution < 1.29 is 18.7 Å². The van der Waals surface area contributed by atoms with E-state index in [1.807, 2.05) is 6.92 Å². The minimum Gasteiger partial charge on any atom is -0.456 e. The second-order valence-electron chi connectivity index (χ2n) is 4.71. The number of nitrogens with zero attached hydrogens (tertiary/aromatic N) is 2. The van der Waals surface area contributed by atoms with E-state index >= 15 is 0 Å². The number of ether oxygens (including phenoxy) is 1. The van der Waals surface area contributed by atoms with Crippen LogP contribution in [0.4, 0.5) is 9.52 Å². The summed E-state index contributed by atoms with van der Waals surface area (Å²) in [5.41, 5.74) is 0.363. The molecule has 0 N–H and O–H groups in total. The van der Waals surface area contributed by atoms with Crippen LogP contribution in [0.2, 0.25) is 10.0 Å². The minimum absolute atomic E-state index is 0.000829. The number of hydrogen-bond donors (Lipinski definition) is 0. The Morgan fingerprint density at radius 3 is 2.67 bits per heavy atom. The molecule has 1 heterocycles. The van der Waals surface area contributed by atoms with Crippen LogP contribution in [0, 0.1) is 5.82 Å². The summed E-state index contributed by atoms with van der Waals surface area (Å²) in [6.45, 7) is 3.65. The molecule has 2 aromatic rings. The average Bonchev–Trinajstić information content (AvgIpc) is 2.97. The highest BCUT2D eigenvalue weighted by Gasteiger charge is 2.17. The second-order valence-corrected chi connectivity index (χ2v) is 6.36. The Kier molecular flexibility index (Phi) is 6.15. The molecule has 9 heteroatoms. The Balaban J connectivity index is 2.06. The number of rotatable bonds is 5. The van der Waals surface area contributed by atoms with Crippen molar-refractivity contribution in [3.63, 3.8) is 0 Å². The number of thiazole rings is 1. The molecule has 2 rings (SSSR count). The van der Waals surface area contributed by atoms with Crippen molar-refractivity contribution in [3.8, 4) is 0 Å². The van der Waals surface area contributed by atoms with E-state index in [-0.39, 0.29) is 28.1 Å². The van der Waals surface area contributed by atoms with Crippen molar-refractivity contribution in [2.75, 3.05) is 11.4 Å². The van der Waals surface area contributed by atoms with Crippen molar-refractivity contribution in [2.24, 2.45) is 0 Å². The lowest BCUT2D eigenvalue weighted by molar-refractivity contribution is -0.116. The largest absolute Gasteiger partial charge is 0.456 e. The molecule has 0 saturated carbocycles. The molecule has 24 heavy (non-hydrogen) atoms. The highest BCUT2D eigenvalue weighted by atomic mass is 35.5. The van der Waals surface area contributed by atoms with Gasteiger partial charge in [-0.2, -0.15) is 0 Å². The lowest BCUT2D eigenvalue weighted by Gasteiger charge is -2.14. The first kappa shape index (κ1) is 18.6. The first-order chi connectivity index (χ1) is 11.3. The van der Waals surface area contributed by atoms with Crippen LogP contribution >= 0.6 is 34.5 Å². The molecule has 0 unspecified atom stereocenters. The third-order valence-electron chi connectivity index (χ3n) is 3.05. The van der Waals surface area contributed by atoms with Crippen LogP contribution in [0.5, 0.6) is 0 Å². The zero-order chi connectivity index (χ0) is 17.9. The van der Waals surface area contributed by atoms with E-state index in [2.05, 4.69) is 4.98 Å². The van der Waals surface area contributed by atoms with Gasteiger partial charge in [-0.15, -0.1) is 11.3 Å². The number of esters is 1. The quantitative estimate of drug-likeness (QED) is 0.563. The number of amides is 1. The monoisotopic (exact) mass is 390 g/mol. The molecule has 0 spiro atoms. The van der Waals surface area contributed by atoms with Crippen molar-refractivity contribution in [2.45, 2.75) is 20.5 Å². The van der Waals surface area contributed by atoms with Gasteiger partial charge >= 0.3 is 5.97 Å². The van der Waals surface area contributed by atoms with Crippen molar-refractivity contribution in [1.82, 2.24) is 4.98 Å². The molecule has 128 valence electrons. The highest BCUT2D eigenvalue weighted by molar-refractivity contribution is 7.14. The van der Waals surface area contributed by atoms with E-state index < -0.39 is 11.8 Å². The summed E-state index contributed by atoms with van der Waals surface area (Å²) in [6.07, 6.45) is 0. The first-order valence-electron chi connectivity index (χ1n) is 6.87. The van der Waals surface area contributed by atoms with Gasteiger partial charge in [0.25, 0.3) is 0 Å². The standard InChI is InChI=1S/C15H13Cl2FN2O3S/c1-3-20(8(2)21)15-19-9(7-24-15)6-23-14(22)10-4-13(18)12(17)5-11(10)16/h4-5,7H,3,6H2,1-2H3. The van der Waals surface area contributed by atoms with Gasteiger partial charge in [0.2, 0.25) is 5.91 Å². The molecular formula is C15H13Cl2FN2O3S. The van der Waals surface area contributed by atoms with Gasteiger partial charge in [-0.1, -0.05) is 23.2 Å². The molecule has 1 aromatic carbocycles. The molecule has 0 aliphatic heterocycles. The Morgan fingerprint density at radius 1 is 1.33 bits per heavy atom. The van der Waals surface area contributed by atoms with Gasteiger partial charge in [-0.05, 0) is 19.1 Å². The predicted octanol–water partition coefficient (Wildman–Crippen LogP) is 4.32. The zero-order valence-corrected chi connectivity index (χ0v) is 15.1. The summed E-state index contributed by atoms with van der Waals surface area (Å²) in [7, 11) is 0. The smallest absolute Gasteiger partial charge is 0.340 e. The molecule has 0 fully saturated rings. The van der Waals surface area contributed by atoms with Crippen LogP contribution in [-0.2, 0) is 16.1 Å². The summed E-state index contributed by atoms with van der Waals surface area (Å²) >= 11 is 12.7. The summed E-state index contributed by atoms with van der Waals surface area (Å²) < 4.78 is 18.5. The van der Waals surface area contributed by atoms with Crippen LogP contribution in [0.25, 0.3) is 0 Å². The summed E-state index contributed by atoms with van der Waals surface area (Å²) in [5.74, 6) is -1.67. The third-order valence-corrected chi connectivity index (χ3v) is 4.56. The zero-order valence-electron chi connectivity index (χ0n) is 12.8. The summed E-state index contributed by atoms with van der Waals surface area (Å²) in [6, 6.07) is 2.07. The van der Waals surface area contributed by atoms with Crippen LogP contribution in [0.15, 0.2) is 17.5 Å². The molecule has 0 aliphatic rings. The maximum atomic E-state index is 13.4. The number of benzene rings is 1. The fourth-order valence-corrected chi connectivity index (χ4v) is 3.25. The topological polar surface area (TPSA) is 59.5 Å². The minimum atomic E-state index is -0.788. The Hall–Kier alpha value is -1.70. The van der Waals surface area contributed by atoms with Gasteiger partial charge in [0.05, 0.1) is 21.3 Å². The number of carbonyl (C=O) groups is 2. The number of carbonyl (C=O) groups excluding carboxylic acids is 2. The van der Waals surface area contributed by atoms with E-state index in [4.69, 9.17) is 27.9 Å². The second kappa shape index (κ2) is 7.92. The van der Waals surface area contributed by atoms with E-state index in [9.17, 15) is 14.0 Å². The van der Waals surface area contributed by atoms with E-state index in [1.165, 1.54) is 23.2 Å². The number of halogens is 3. The van der Waals surface area contributed by atoms with Gasteiger partial charge in [-0.3, -0.25) is 9.69 Å². The van der Waals surface area contributed by atoms with E-state index in [0.717, 1.165) is 12.1 Å². The first-order valence-corrected chi connectivity index (χ1v) is 8.51. The predicted molar refractivity (Wildman–Crippen MR) is 91.4 cm³/mol. The van der Waals surface area contributed by atoms with E-state index in [0.29, 0.717) is 17.4 Å². The lowest BCUT2D eigenvalue weighted by Crippen LogP contribution is -2.27. The van der Waals surface area contributed by atoms with Crippen molar-refractivity contribution in [3.05, 3.63) is 44.6 Å². The fraction of sp³-hybridized carbons (Fsp3) is 0.267. The van der Waals surface area contributed by atoms with Gasteiger partial charge < -0.3 is 4.74 Å². The average molecular weight is 391 g/mol. The summed E-state index contributed by atoms with van der Waals surface area (Å²) in [5, 5.41) is 2.02. The number of hydrogen-bond acceptors (Lipinski definition) is 5. The SMILES string of the molecule is CCN(C(C)=O)c1nc(COC(=O)c2cc(F)c(Cl)cc2Cl)cs1. The normalized spacial score (nSPS) is 10.5. The number of anilines is 1. The molecule has 0 atom stereocenters. The molecule has 0 radical (unpaired) electrons. The van der Waals surface area contributed by atoms with Gasteiger partial charge in [0.15, 0.2) is 5.13 Å². The number of aromatic nitrogens is 1.